The fourth-order valence-electron chi connectivity index (χ4n) is 3.63. The summed E-state index contributed by atoms with van der Waals surface area (Å²) in [7, 11) is 0. The van der Waals surface area contributed by atoms with Crippen LogP contribution in [-0.4, -0.2) is 27.4 Å². The molecule has 0 unspecified atom stereocenters. The molecule has 0 amide bonds. The van der Waals surface area contributed by atoms with Gasteiger partial charge in [-0.2, -0.15) is 0 Å². The van der Waals surface area contributed by atoms with Crippen LogP contribution in [0.3, 0.4) is 0 Å². The summed E-state index contributed by atoms with van der Waals surface area (Å²) >= 11 is 0. The average Bonchev–Trinajstić information content (AvgIpc) is 2.69. The van der Waals surface area contributed by atoms with Crippen LogP contribution >= 0.6 is 0 Å². The lowest BCUT2D eigenvalue weighted by Crippen LogP contribution is -2.30. The number of rotatable bonds is 5. The molecule has 26 heavy (non-hydrogen) atoms. The van der Waals surface area contributed by atoms with Crippen molar-refractivity contribution in [3.05, 3.63) is 76.3 Å². The molecule has 0 radical (unpaired) electrons. The molecular formula is C21H22N2O3. The molecule has 2 aromatic carbocycles. The molecule has 5 nitrogen and oxygen atoms in total. The van der Waals surface area contributed by atoms with Gasteiger partial charge in [0, 0.05) is 0 Å². The Morgan fingerprint density at radius 1 is 1.19 bits per heavy atom. The van der Waals surface area contributed by atoms with E-state index in [1.54, 1.807) is 12.1 Å². The Morgan fingerprint density at radius 3 is 2.92 bits per heavy atom. The van der Waals surface area contributed by atoms with Gasteiger partial charge in [-0.1, -0.05) is 36.4 Å². The molecule has 1 aromatic heterocycles. The molecule has 0 fully saturated rings. The lowest BCUT2D eigenvalue weighted by atomic mass is 9.89. The van der Waals surface area contributed by atoms with Gasteiger partial charge >= 0.3 is 0 Å². The van der Waals surface area contributed by atoms with E-state index in [9.17, 15) is 9.90 Å². The van der Waals surface area contributed by atoms with Crippen LogP contribution in [0, 0.1) is 0 Å². The van der Waals surface area contributed by atoms with Crippen molar-refractivity contribution in [3.63, 3.8) is 0 Å². The van der Waals surface area contributed by atoms with Crippen LogP contribution in [-0.2, 0) is 17.7 Å². The number of ether oxygens (including phenoxy) is 1. The predicted octanol–water partition coefficient (Wildman–Crippen LogP) is 2.85. The van der Waals surface area contributed by atoms with E-state index in [1.807, 2.05) is 18.2 Å². The van der Waals surface area contributed by atoms with Gasteiger partial charge in [-0.3, -0.25) is 9.36 Å². The molecule has 0 aliphatic heterocycles. The number of aliphatic hydroxyl groups is 1. The fourth-order valence-corrected chi connectivity index (χ4v) is 3.63. The van der Waals surface area contributed by atoms with Crippen molar-refractivity contribution in [1.29, 1.82) is 0 Å². The number of para-hydroxylation sites is 1. The number of aryl methyl sites for hydroxylation is 1. The van der Waals surface area contributed by atoms with Crippen LogP contribution in [0.15, 0.2) is 59.7 Å². The molecule has 1 aliphatic rings. The third-order valence-corrected chi connectivity index (χ3v) is 4.94. The minimum Gasteiger partial charge on any atom is -0.389 e. The largest absolute Gasteiger partial charge is 0.389 e. The van der Waals surface area contributed by atoms with E-state index >= 15 is 0 Å². The molecule has 134 valence electrons. The Labute approximate surface area is 151 Å². The number of hydrogen-bond acceptors (Lipinski definition) is 4. The predicted molar refractivity (Wildman–Crippen MR) is 100 cm³/mol. The van der Waals surface area contributed by atoms with E-state index in [1.165, 1.54) is 22.0 Å². The molecule has 0 spiro atoms. The highest BCUT2D eigenvalue weighted by atomic mass is 16.5. The SMILES string of the molecule is O=c1c2ccccc2ncn1C[C@@H](O)CO[C@H]1CCCc2ccccc21. The van der Waals surface area contributed by atoms with Crippen molar-refractivity contribution >= 4 is 10.9 Å². The standard InChI is InChI=1S/C21H22N2O3/c24-16(12-23-14-22-19-10-4-3-9-18(19)21(23)25)13-26-20-11-5-7-15-6-1-2-8-17(15)20/h1-4,6,8-10,14,16,20,24H,5,7,11-13H2/t16-,20+/m1/s1. The van der Waals surface area contributed by atoms with E-state index in [-0.39, 0.29) is 24.8 Å². The molecular weight excluding hydrogens is 328 g/mol. The van der Waals surface area contributed by atoms with E-state index in [4.69, 9.17) is 4.74 Å². The lowest BCUT2D eigenvalue weighted by molar-refractivity contribution is -0.0228. The van der Waals surface area contributed by atoms with Crippen LogP contribution in [0.5, 0.6) is 0 Å². The summed E-state index contributed by atoms with van der Waals surface area (Å²) in [5.41, 5.74) is 3.07. The van der Waals surface area contributed by atoms with Gasteiger partial charge in [0.2, 0.25) is 0 Å². The second-order valence-electron chi connectivity index (χ2n) is 6.79. The van der Waals surface area contributed by atoms with Gasteiger partial charge in [0.05, 0.1) is 42.6 Å². The molecule has 0 saturated carbocycles. The molecule has 3 aromatic rings. The van der Waals surface area contributed by atoms with Crippen LogP contribution < -0.4 is 5.56 Å². The highest BCUT2D eigenvalue weighted by Crippen LogP contribution is 2.32. The van der Waals surface area contributed by atoms with Gasteiger partial charge in [-0.15, -0.1) is 0 Å². The minimum atomic E-state index is -0.759. The fraction of sp³-hybridized carbons (Fsp3) is 0.333. The smallest absolute Gasteiger partial charge is 0.261 e. The molecule has 1 aliphatic carbocycles. The lowest BCUT2D eigenvalue weighted by Gasteiger charge is -2.26. The molecule has 2 atom stereocenters. The van der Waals surface area contributed by atoms with Crippen LogP contribution in [0.1, 0.15) is 30.1 Å². The summed E-state index contributed by atoms with van der Waals surface area (Å²) in [6, 6.07) is 15.5. The number of hydrogen-bond donors (Lipinski definition) is 1. The molecule has 0 saturated heterocycles. The maximum Gasteiger partial charge on any atom is 0.261 e. The first kappa shape index (κ1) is 16.9. The van der Waals surface area contributed by atoms with Gasteiger partial charge in [0.25, 0.3) is 5.56 Å². The normalized spacial score (nSPS) is 17.8. The second-order valence-corrected chi connectivity index (χ2v) is 6.79. The number of aliphatic hydroxyl groups excluding tert-OH is 1. The summed E-state index contributed by atoms with van der Waals surface area (Å²) in [5, 5.41) is 10.9. The Kier molecular flexibility index (Phi) is 4.82. The van der Waals surface area contributed by atoms with Crippen molar-refractivity contribution in [1.82, 2.24) is 9.55 Å². The third kappa shape index (κ3) is 3.41. The molecule has 1 N–H and O–H groups in total. The monoisotopic (exact) mass is 350 g/mol. The van der Waals surface area contributed by atoms with Gasteiger partial charge in [-0.25, -0.2) is 4.98 Å². The summed E-state index contributed by atoms with van der Waals surface area (Å²) in [6.45, 7) is 0.364. The quantitative estimate of drug-likeness (QED) is 0.768. The first-order chi connectivity index (χ1) is 12.7. The number of benzene rings is 2. The van der Waals surface area contributed by atoms with Crippen molar-refractivity contribution in [2.45, 2.75) is 38.0 Å². The third-order valence-electron chi connectivity index (χ3n) is 4.94. The van der Waals surface area contributed by atoms with Crippen molar-refractivity contribution < 1.29 is 9.84 Å². The van der Waals surface area contributed by atoms with E-state index in [0.717, 1.165) is 19.3 Å². The van der Waals surface area contributed by atoms with Crippen LogP contribution in [0.2, 0.25) is 0 Å². The van der Waals surface area contributed by atoms with E-state index < -0.39 is 6.10 Å². The summed E-state index contributed by atoms with van der Waals surface area (Å²) < 4.78 is 7.43. The summed E-state index contributed by atoms with van der Waals surface area (Å²) in [5.74, 6) is 0. The van der Waals surface area contributed by atoms with Crippen LogP contribution in [0.25, 0.3) is 10.9 Å². The van der Waals surface area contributed by atoms with E-state index in [2.05, 4.69) is 23.2 Å². The molecule has 4 rings (SSSR count). The molecule has 1 heterocycles. The van der Waals surface area contributed by atoms with Gasteiger partial charge < -0.3 is 9.84 Å². The zero-order valence-electron chi connectivity index (χ0n) is 14.5. The maximum absolute atomic E-state index is 12.5. The zero-order chi connectivity index (χ0) is 17.9. The van der Waals surface area contributed by atoms with Crippen molar-refractivity contribution in [3.8, 4) is 0 Å². The minimum absolute atomic E-state index is 0.0149. The molecule has 5 heteroatoms. The highest BCUT2D eigenvalue weighted by Gasteiger charge is 2.21. The average molecular weight is 350 g/mol. The summed E-state index contributed by atoms with van der Waals surface area (Å²) in [6.07, 6.45) is 3.87. The van der Waals surface area contributed by atoms with Gasteiger partial charge in [0.15, 0.2) is 0 Å². The van der Waals surface area contributed by atoms with Crippen molar-refractivity contribution in [2.75, 3.05) is 6.61 Å². The van der Waals surface area contributed by atoms with Crippen molar-refractivity contribution in [2.24, 2.45) is 0 Å². The van der Waals surface area contributed by atoms with Crippen LogP contribution in [0.4, 0.5) is 0 Å². The zero-order valence-corrected chi connectivity index (χ0v) is 14.5. The topological polar surface area (TPSA) is 64.4 Å². The Balaban J connectivity index is 1.43. The Bertz CT molecular complexity index is 967. The first-order valence-corrected chi connectivity index (χ1v) is 9.04. The first-order valence-electron chi connectivity index (χ1n) is 9.04. The Morgan fingerprint density at radius 2 is 2.00 bits per heavy atom. The van der Waals surface area contributed by atoms with E-state index in [0.29, 0.717) is 10.9 Å². The molecule has 0 bridgehead atoms. The number of aromatic nitrogens is 2. The number of fused-ring (bicyclic) bond motifs is 2. The van der Waals surface area contributed by atoms with Gasteiger partial charge in [0.1, 0.15) is 0 Å². The maximum atomic E-state index is 12.5. The highest BCUT2D eigenvalue weighted by molar-refractivity contribution is 5.76. The Hall–Kier alpha value is -2.50. The van der Waals surface area contributed by atoms with Gasteiger partial charge in [-0.05, 0) is 42.5 Å². The number of nitrogens with zero attached hydrogens (tertiary/aromatic N) is 2. The second kappa shape index (κ2) is 7.40. The summed E-state index contributed by atoms with van der Waals surface area (Å²) in [4.78, 5) is 16.8.